The molecule has 0 saturated carbocycles. The zero-order valence-corrected chi connectivity index (χ0v) is 18.1. The molecular weight excluding hydrogens is 432 g/mol. The molecule has 2 aromatic carbocycles. The molecule has 32 heavy (non-hydrogen) atoms. The van der Waals surface area contributed by atoms with Crippen molar-refractivity contribution in [3.05, 3.63) is 71.4 Å². The zero-order valence-electron chi connectivity index (χ0n) is 17.3. The number of amides is 1. The van der Waals surface area contributed by atoms with E-state index < -0.39 is 16.1 Å². The quantitative estimate of drug-likeness (QED) is 0.583. The molecule has 9 nitrogen and oxygen atoms in total. The molecule has 0 spiro atoms. The fraction of sp³-hybridized carbons (Fsp3) is 0.318. The third kappa shape index (κ3) is 3.76. The van der Waals surface area contributed by atoms with Crippen molar-refractivity contribution in [3.63, 3.8) is 0 Å². The van der Waals surface area contributed by atoms with Gasteiger partial charge in [0.05, 0.1) is 5.69 Å². The molecule has 10 heteroatoms. The summed E-state index contributed by atoms with van der Waals surface area (Å²) < 4.78 is 38.0. The molecule has 0 radical (unpaired) electrons. The predicted molar refractivity (Wildman–Crippen MR) is 114 cm³/mol. The van der Waals surface area contributed by atoms with Crippen molar-refractivity contribution in [2.24, 2.45) is 0 Å². The Balaban J connectivity index is 1.32. The topological polar surface area (TPSA) is 106 Å². The summed E-state index contributed by atoms with van der Waals surface area (Å²) >= 11 is 0. The van der Waals surface area contributed by atoms with E-state index in [4.69, 9.17) is 9.37 Å². The Morgan fingerprint density at radius 2 is 1.69 bits per heavy atom. The van der Waals surface area contributed by atoms with E-state index in [0.29, 0.717) is 19.3 Å². The van der Waals surface area contributed by atoms with Crippen LogP contribution in [0.2, 0.25) is 0 Å². The van der Waals surface area contributed by atoms with Gasteiger partial charge in [-0.25, -0.2) is 17.8 Å². The monoisotopic (exact) mass is 454 g/mol. The number of sulfonamides is 1. The van der Waals surface area contributed by atoms with Crippen LogP contribution in [0.15, 0.2) is 64.3 Å². The molecule has 1 fully saturated rings. The number of nitrogens with zero attached hydrogens (tertiary/aromatic N) is 4. The molecule has 1 saturated heterocycles. The van der Waals surface area contributed by atoms with Gasteiger partial charge >= 0.3 is 6.09 Å². The summed E-state index contributed by atoms with van der Waals surface area (Å²) in [5.74, 6) is 0. The average Bonchev–Trinajstić information content (AvgIpc) is 3.29. The molecule has 5 rings (SSSR count). The number of piperidine rings is 1. The van der Waals surface area contributed by atoms with Crippen LogP contribution in [0.25, 0.3) is 0 Å². The van der Waals surface area contributed by atoms with Crippen LogP contribution in [0.5, 0.6) is 0 Å². The molecule has 0 bridgehead atoms. The zero-order chi connectivity index (χ0) is 22.1. The molecule has 0 unspecified atom stereocenters. The van der Waals surface area contributed by atoms with E-state index in [0.717, 1.165) is 16.8 Å². The minimum absolute atomic E-state index is 0.144. The van der Waals surface area contributed by atoms with Crippen LogP contribution in [0, 0.1) is 0 Å². The second kappa shape index (κ2) is 8.36. The molecule has 166 valence electrons. The van der Waals surface area contributed by atoms with Crippen LogP contribution < -0.4 is 4.90 Å². The van der Waals surface area contributed by atoms with E-state index in [9.17, 15) is 13.2 Å². The van der Waals surface area contributed by atoms with E-state index >= 15 is 0 Å². The van der Waals surface area contributed by atoms with E-state index in [-0.39, 0.29) is 36.5 Å². The van der Waals surface area contributed by atoms with Gasteiger partial charge in [-0.05, 0) is 29.6 Å². The normalized spacial score (nSPS) is 17.8. The summed E-state index contributed by atoms with van der Waals surface area (Å²) in [6.45, 7) is 0.773. The van der Waals surface area contributed by atoms with Gasteiger partial charge in [0, 0.05) is 31.1 Å². The molecule has 0 aliphatic carbocycles. The Kier molecular flexibility index (Phi) is 5.40. The summed E-state index contributed by atoms with van der Waals surface area (Å²) in [4.78, 5) is 14.1. The maximum Gasteiger partial charge on any atom is 0.414 e. The molecule has 1 amide bonds. The third-order valence-corrected chi connectivity index (χ3v) is 7.75. The number of rotatable bonds is 5. The maximum atomic E-state index is 13.3. The van der Waals surface area contributed by atoms with E-state index in [1.54, 1.807) is 4.90 Å². The van der Waals surface area contributed by atoms with Gasteiger partial charge in [0.1, 0.15) is 12.3 Å². The maximum absolute atomic E-state index is 13.3. The van der Waals surface area contributed by atoms with Crippen molar-refractivity contribution in [2.45, 2.75) is 36.9 Å². The van der Waals surface area contributed by atoms with E-state index in [1.165, 1.54) is 4.31 Å². The lowest BCUT2D eigenvalue weighted by Crippen LogP contribution is -2.50. The summed E-state index contributed by atoms with van der Waals surface area (Å²) in [6.07, 6.45) is 0.895. The number of aromatic nitrogens is 2. The number of benzene rings is 2. The number of para-hydroxylation sites is 1. The summed E-state index contributed by atoms with van der Waals surface area (Å²) in [5.41, 5.74) is 2.98. The minimum atomic E-state index is -3.87. The Labute approximate surface area is 185 Å². The Hall–Kier alpha value is -3.24. The first kappa shape index (κ1) is 20.7. The smallest absolute Gasteiger partial charge is 0.414 e. The highest BCUT2D eigenvalue weighted by Crippen LogP contribution is 2.33. The average molecular weight is 455 g/mol. The van der Waals surface area contributed by atoms with Crippen molar-refractivity contribution >= 4 is 21.8 Å². The fourth-order valence-corrected chi connectivity index (χ4v) is 5.75. The lowest BCUT2D eigenvalue weighted by molar-refractivity contribution is 0.136. The molecule has 2 aliphatic rings. The number of hydrogen-bond acceptors (Lipinski definition) is 7. The van der Waals surface area contributed by atoms with E-state index in [2.05, 4.69) is 10.3 Å². The summed E-state index contributed by atoms with van der Waals surface area (Å²) in [5, 5.41) is 7.39. The number of carbonyl (C=O) groups excluding carboxylic acids is 1. The highest BCUT2D eigenvalue weighted by Gasteiger charge is 2.39. The lowest BCUT2D eigenvalue weighted by Gasteiger charge is -2.39. The van der Waals surface area contributed by atoms with Crippen molar-refractivity contribution in [1.82, 2.24) is 14.6 Å². The van der Waals surface area contributed by atoms with Gasteiger partial charge in [0.25, 0.3) is 10.0 Å². The first-order chi connectivity index (χ1) is 15.5. The van der Waals surface area contributed by atoms with Crippen LogP contribution in [-0.4, -0.2) is 48.3 Å². The Morgan fingerprint density at radius 1 is 0.969 bits per heavy atom. The van der Waals surface area contributed by atoms with Gasteiger partial charge in [0.15, 0.2) is 0 Å². The summed E-state index contributed by atoms with van der Waals surface area (Å²) in [7, 11) is -3.87. The summed E-state index contributed by atoms with van der Waals surface area (Å²) in [6, 6.07) is 16.9. The van der Waals surface area contributed by atoms with Crippen LogP contribution in [-0.2, 0) is 27.8 Å². The van der Waals surface area contributed by atoms with Crippen molar-refractivity contribution in [1.29, 1.82) is 0 Å². The number of cyclic esters (lactones) is 1. The van der Waals surface area contributed by atoms with Crippen molar-refractivity contribution in [3.8, 4) is 0 Å². The van der Waals surface area contributed by atoms with Gasteiger partial charge in [-0.15, -0.1) is 0 Å². The van der Waals surface area contributed by atoms with Gasteiger partial charge < -0.3 is 4.74 Å². The molecule has 3 aromatic rings. The molecule has 0 N–H and O–H groups in total. The Bertz CT molecular complexity index is 1220. The van der Waals surface area contributed by atoms with Gasteiger partial charge in [-0.2, -0.15) is 4.31 Å². The first-order valence-corrected chi connectivity index (χ1v) is 11.9. The fourth-order valence-electron chi connectivity index (χ4n) is 4.28. The number of carbonyl (C=O) groups is 1. The number of anilines is 1. The second-order valence-electron chi connectivity index (χ2n) is 7.87. The van der Waals surface area contributed by atoms with Crippen LogP contribution in [0.4, 0.5) is 10.5 Å². The molecular formula is C22H22N4O5S. The third-order valence-electron chi connectivity index (χ3n) is 5.91. The minimum Gasteiger partial charge on any atom is -0.444 e. The largest absolute Gasteiger partial charge is 0.444 e. The Morgan fingerprint density at radius 3 is 2.47 bits per heavy atom. The predicted octanol–water partition coefficient (Wildman–Crippen LogP) is 2.97. The highest BCUT2D eigenvalue weighted by atomic mass is 32.2. The second-order valence-corrected chi connectivity index (χ2v) is 9.72. The standard InChI is InChI=1S/C22H22N4O5S/c27-22-26(20-9-5-4-8-17(20)15-30-22)18-10-12-25(13-11-18)32(28,29)21-19(23-31-24-21)14-16-6-2-1-3-7-16/h1-9,18H,10-15H2. The van der Waals surface area contributed by atoms with Gasteiger partial charge in [-0.3, -0.25) is 4.90 Å². The van der Waals surface area contributed by atoms with Crippen LogP contribution in [0.3, 0.4) is 0 Å². The number of ether oxygens (including phenoxy) is 1. The number of hydrogen-bond donors (Lipinski definition) is 0. The van der Waals surface area contributed by atoms with Crippen molar-refractivity contribution < 1.29 is 22.6 Å². The van der Waals surface area contributed by atoms with Crippen LogP contribution >= 0.6 is 0 Å². The molecule has 2 aliphatic heterocycles. The first-order valence-electron chi connectivity index (χ1n) is 10.4. The number of fused-ring (bicyclic) bond motifs is 1. The van der Waals surface area contributed by atoms with Crippen molar-refractivity contribution in [2.75, 3.05) is 18.0 Å². The van der Waals surface area contributed by atoms with Crippen LogP contribution in [0.1, 0.15) is 29.7 Å². The SMILES string of the molecule is O=C1OCc2ccccc2N1C1CCN(S(=O)(=O)c2nonc2Cc2ccccc2)CC1. The lowest BCUT2D eigenvalue weighted by atomic mass is 10.0. The van der Waals surface area contributed by atoms with Gasteiger partial charge in [0.2, 0.25) is 5.03 Å². The van der Waals surface area contributed by atoms with Gasteiger partial charge in [-0.1, -0.05) is 53.7 Å². The van der Waals surface area contributed by atoms with E-state index in [1.807, 2.05) is 54.6 Å². The molecule has 3 heterocycles. The highest BCUT2D eigenvalue weighted by molar-refractivity contribution is 7.89. The molecule has 1 aromatic heterocycles. The molecule has 0 atom stereocenters.